The number of amides is 1. The summed E-state index contributed by atoms with van der Waals surface area (Å²) < 4.78 is 34.4. The lowest BCUT2D eigenvalue weighted by molar-refractivity contribution is -0.133. The Kier molecular flexibility index (Phi) is 9.77. The zero-order chi connectivity index (χ0) is 26.1. The molecule has 200 valence electrons. The first-order chi connectivity index (χ1) is 18.0. The molecule has 0 unspecified atom stereocenters. The lowest BCUT2D eigenvalue weighted by Gasteiger charge is -2.37. The Morgan fingerprint density at radius 1 is 0.973 bits per heavy atom. The lowest BCUT2D eigenvalue weighted by atomic mass is 9.95. The maximum Gasteiger partial charge on any atom is 0.243 e. The van der Waals surface area contributed by atoms with Gasteiger partial charge in [0.2, 0.25) is 15.9 Å². The molecule has 1 amide bonds. The summed E-state index contributed by atoms with van der Waals surface area (Å²) in [6, 6.07) is 16.6. The molecule has 8 heteroatoms. The van der Waals surface area contributed by atoms with Crippen LogP contribution >= 0.6 is 0 Å². The number of carbonyl (C=O) groups is 1. The molecule has 4 rings (SSSR count). The van der Waals surface area contributed by atoms with Crippen LogP contribution in [0.2, 0.25) is 0 Å². The average Bonchev–Trinajstić information content (AvgIpc) is 2.93. The molecule has 7 nitrogen and oxygen atoms in total. The summed E-state index contributed by atoms with van der Waals surface area (Å²) in [7, 11) is -3.80. The molecule has 0 spiro atoms. The van der Waals surface area contributed by atoms with Crippen molar-refractivity contribution in [2.45, 2.75) is 50.0 Å². The molecule has 2 aliphatic rings. The molecule has 1 saturated heterocycles. The van der Waals surface area contributed by atoms with E-state index in [0.29, 0.717) is 25.4 Å². The van der Waals surface area contributed by atoms with E-state index in [0.717, 1.165) is 51.7 Å². The molecule has 2 aromatic carbocycles. The fourth-order valence-electron chi connectivity index (χ4n) is 5.10. The van der Waals surface area contributed by atoms with Gasteiger partial charge < -0.3 is 9.64 Å². The van der Waals surface area contributed by atoms with Gasteiger partial charge in [0.05, 0.1) is 18.0 Å². The summed E-state index contributed by atoms with van der Waals surface area (Å²) in [6.45, 7) is 5.91. The first-order valence-electron chi connectivity index (χ1n) is 13.4. The minimum absolute atomic E-state index is 0.103. The molecule has 1 aliphatic heterocycles. The molecule has 0 N–H and O–H groups in total. The van der Waals surface area contributed by atoms with Gasteiger partial charge in [-0.25, -0.2) is 8.42 Å². The Bertz CT molecular complexity index is 1120. The van der Waals surface area contributed by atoms with Crippen LogP contribution in [0.15, 0.2) is 65.6 Å². The van der Waals surface area contributed by atoms with E-state index in [1.54, 1.807) is 24.3 Å². The van der Waals surface area contributed by atoms with Crippen LogP contribution in [0.1, 0.15) is 44.6 Å². The minimum Gasteiger partial charge on any atom is -0.494 e. The normalized spacial score (nSPS) is 17.9. The Hall–Kier alpha value is -2.68. The number of carbonyl (C=O) groups excluding carboxylic acids is 1. The van der Waals surface area contributed by atoms with Gasteiger partial charge in [0, 0.05) is 38.8 Å². The predicted octanol–water partition coefficient (Wildman–Crippen LogP) is 4.27. The zero-order valence-electron chi connectivity index (χ0n) is 21.8. The quantitative estimate of drug-likeness (QED) is 0.464. The Balaban J connectivity index is 1.38. The standard InChI is InChI=1S/C29H39N3O4S/c1-2-36-27-15-17-28(18-16-27)37(34,35)32(26-13-7-4-8-14-26)24-29(33)31-22-20-30(21-23-31)19-9-12-25-10-5-3-6-11-25/h3,5-6,9-12,15-18,26H,2,4,7-8,13-14,19-24H2,1H3/b12-9+. The van der Waals surface area contributed by atoms with Crippen molar-refractivity contribution in [3.8, 4) is 5.75 Å². The summed E-state index contributed by atoms with van der Waals surface area (Å²) in [5.41, 5.74) is 1.17. The van der Waals surface area contributed by atoms with Crippen molar-refractivity contribution in [1.29, 1.82) is 0 Å². The van der Waals surface area contributed by atoms with E-state index in [1.165, 1.54) is 9.87 Å². The second-order valence-electron chi connectivity index (χ2n) is 9.74. The van der Waals surface area contributed by atoms with E-state index >= 15 is 0 Å². The van der Waals surface area contributed by atoms with Crippen LogP contribution in [0.3, 0.4) is 0 Å². The topological polar surface area (TPSA) is 70.2 Å². The fourth-order valence-corrected chi connectivity index (χ4v) is 6.74. The number of nitrogens with zero attached hydrogens (tertiary/aromatic N) is 3. The monoisotopic (exact) mass is 525 g/mol. The number of ether oxygens (including phenoxy) is 1. The van der Waals surface area contributed by atoms with Crippen LogP contribution in [-0.4, -0.2) is 80.3 Å². The summed E-state index contributed by atoms with van der Waals surface area (Å²) in [5.74, 6) is 0.526. The minimum atomic E-state index is -3.80. The van der Waals surface area contributed by atoms with Crippen LogP contribution in [-0.2, 0) is 14.8 Å². The molecule has 2 fully saturated rings. The molecular formula is C29H39N3O4S. The van der Waals surface area contributed by atoms with Crippen molar-refractivity contribution in [2.24, 2.45) is 0 Å². The van der Waals surface area contributed by atoms with Crippen LogP contribution in [0.25, 0.3) is 6.08 Å². The summed E-state index contributed by atoms with van der Waals surface area (Å²) in [4.78, 5) is 17.7. The van der Waals surface area contributed by atoms with E-state index in [1.807, 2.05) is 30.0 Å². The second-order valence-corrected chi connectivity index (χ2v) is 11.6. The molecule has 1 aliphatic carbocycles. The van der Waals surface area contributed by atoms with E-state index in [2.05, 4.69) is 29.2 Å². The van der Waals surface area contributed by atoms with Crippen LogP contribution in [0.4, 0.5) is 0 Å². The van der Waals surface area contributed by atoms with Gasteiger partial charge in [0.25, 0.3) is 0 Å². The number of sulfonamides is 1. The second kappa shape index (κ2) is 13.2. The smallest absolute Gasteiger partial charge is 0.243 e. The van der Waals surface area contributed by atoms with E-state index < -0.39 is 10.0 Å². The average molecular weight is 526 g/mol. The summed E-state index contributed by atoms with van der Waals surface area (Å²) in [5, 5.41) is 0. The molecule has 0 bridgehead atoms. The number of rotatable bonds is 10. The highest BCUT2D eigenvalue weighted by atomic mass is 32.2. The lowest BCUT2D eigenvalue weighted by Crippen LogP contribution is -2.53. The molecular weight excluding hydrogens is 486 g/mol. The molecule has 0 radical (unpaired) electrons. The van der Waals surface area contributed by atoms with Crippen LogP contribution < -0.4 is 4.74 Å². The van der Waals surface area contributed by atoms with Gasteiger partial charge in [-0.2, -0.15) is 4.31 Å². The SMILES string of the molecule is CCOc1ccc(S(=O)(=O)N(CC(=O)N2CCN(C/C=C/c3ccccc3)CC2)C2CCCCC2)cc1. The van der Waals surface area contributed by atoms with Crippen molar-refractivity contribution >= 4 is 22.0 Å². The van der Waals surface area contributed by atoms with Gasteiger partial charge in [-0.3, -0.25) is 9.69 Å². The van der Waals surface area contributed by atoms with Gasteiger partial charge >= 0.3 is 0 Å². The Labute approximate surface area is 221 Å². The predicted molar refractivity (Wildman–Crippen MR) is 147 cm³/mol. The van der Waals surface area contributed by atoms with Gasteiger partial charge in [-0.15, -0.1) is 0 Å². The maximum absolute atomic E-state index is 13.7. The molecule has 1 saturated carbocycles. The van der Waals surface area contributed by atoms with Gasteiger partial charge in [-0.1, -0.05) is 61.7 Å². The Morgan fingerprint density at radius 3 is 2.30 bits per heavy atom. The first kappa shape index (κ1) is 27.4. The number of benzene rings is 2. The number of hydrogen-bond donors (Lipinski definition) is 0. The zero-order valence-corrected chi connectivity index (χ0v) is 22.6. The van der Waals surface area contributed by atoms with Crippen LogP contribution in [0, 0.1) is 0 Å². The molecule has 1 heterocycles. The Morgan fingerprint density at radius 2 is 1.65 bits per heavy atom. The van der Waals surface area contributed by atoms with Gasteiger partial charge in [-0.05, 0) is 49.6 Å². The van der Waals surface area contributed by atoms with E-state index in [-0.39, 0.29) is 23.4 Å². The summed E-state index contributed by atoms with van der Waals surface area (Å²) in [6.07, 6.45) is 8.96. The summed E-state index contributed by atoms with van der Waals surface area (Å²) >= 11 is 0. The van der Waals surface area contributed by atoms with Gasteiger partial charge in [0.1, 0.15) is 5.75 Å². The fraction of sp³-hybridized carbons (Fsp3) is 0.483. The van der Waals surface area contributed by atoms with Crippen molar-refractivity contribution in [3.63, 3.8) is 0 Å². The highest BCUT2D eigenvalue weighted by molar-refractivity contribution is 7.89. The van der Waals surface area contributed by atoms with E-state index in [9.17, 15) is 13.2 Å². The third kappa shape index (κ3) is 7.43. The van der Waals surface area contributed by atoms with Crippen molar-refractivity contribution in [1.82, 2.24) is 14.1 Å². The molecule has 2 aromatic rings. The highest BCUT2D eigenvalue weighted by Crippen LogP contribution is 2.29. The molecule has 37 heavy (non-hydrogen) atoms. The number of hydrogen-bond acceptors (Lipinski definition) is 5. The van der Waals surface area contributed by atoms with Gasteiger partial charge in [0.15, 0.2) is 0 Å². The number of piperazine rings is 1. The van der Waals surface area contributed by atoms with Crippen molar-refractivity contribution < 1.29 is 17.9 Å². The van der Waals surface area contributed by atoms with Crippen molar-refractivity contribution in [2.75, 3.05) is 45.9 Å². The first-order valence-corrected chi connectivity index (χ1v) is 14.9. The van der Waals surface area contributed by atoms with Crippen LogP contribution in [0.5, 0.6) is 5.75 Å². The maximum atomic E-state index is 13.7. The van der Waals surface area contributed by atoms with Crippen molar-refractivity contribution in [3.05, 3.63) is 66.2 Å². The van der Waals surface area contributed by atoms with E-state index in [4.69, 9.17) is 4.74 Å². The third-order valence-corrected chi connectivity index (χ3v) is 9.13. The largest absolute Gasteiger partial charge is 0.494 e. The highest BCUT2D eigenvalue weighted by Gasteiger charge is 2.35. The molecule has 0 atom stereocenters. The third-order valence-electron chi connectivity index (χ3n) is 7.21. The molecule has 0 aromatic heterocycles.